The Morgan fingerprint density at radius 3 is 2.70 bits per heavy atom. The van der Waals surface area contributed by atoms with Crippen molar-refractivity contribution in [3.05, 3.63) is 35.4 Å². The molecule has 1 fully saturated rings. The van der Waals surface area contributed by atoms with Crippen molar-refractivity contribution >= 4 is 5.91 Å². The molecule has 110 valence electrons. The molecule has 1 aliphatic rings. The molecule has 2 N–H and O–H groups in total. The third-order valence-corrected chi connectivity index (χ3v) is 4.00. The number of benzene rings is 1. The molecule has 0 radical (unpaired) electrons. The van der Waals surface area contributed by atoms with Crippen LogP contribution < -0.4 is 10.6 Å². The average Bonchev–Trinajstić information content (AvgIpc) is 2.53. The second kappa shape index (κ2) is 7.41. The van der Waals surface area contributed by atoms with Crippen LogP contribution in [0.5, 0.6) is 0 Å². The molecular formula is C16H24N2O2. The van der Waals surface area contributed by atoms with Crippen molar-refractivity contribution < 1.29 is 9.53 Å². The molecule has 4 heteroatoms. The van der Waals surface area contributed by atoms with Crippen molar-refractivity contribution in [1.29, 1.82) is 0 Å². The third-order valence-electron chi connectivity index (χ3n) is 4.00. The van der Waals surface area contributed by atoms with Crippen LogP contribution >= 0.6 is 0 Å². The summed E-state index contributed by atoms with van der Waals surface area (Å²) in [6.45, 7) is 0.842. The molecule has 2 unspecified atom stereocenters. The molecule has 2 atom stereocenters. The molecule has 0 spiro atoms. The summed E-state index contributed by atoms with van der Waals surface area (Å²) in [5.41, 5.74) is 1.91. The highest BCUT2D eigenvalue weighted by Crippen LogP contribution is 2.21. The number of ether oxygens (including phenoxy) is 1. The molecule has 1 aromatic carbocycles. The lowest BCUT2D eigenvalue weighted by Gasteiger charge is -2.29. The van der Waals surface area contributed by atoms with Gasteiger partial charge < -0.3 is 15.4 Å². The maximum Gasteiger partial charge on any atom is 0.251 e. The van der Waals surface area contributed by atoms with Gasteiger partial charge in [-0.25, -0.2) is 0 Å². The number of carbonyl (C=O) groups excluding carboxylic acids is 1. The van der Waals surface area contributed by atoms with Crippen molar-refractivity contribution in [2.75, 3.05) is 14.2 Å². The zero-order valence-corrected chi connectivity index (χ0v) is 12.3. The summed E-state index contributed by atoms with van der Waals surface area (Å²) in [6, 6.07) is 8.29. The zero-order valence-electron chi connectivity index (χ0n) is 12.3. The lowest BCUT2D eigenvalue weighted by atomic mass is 9.92. The van der Waals surface area contributed by atoms with Gasteiger partial charge in [-0.05, 0) is 43.4 Å². The van der Waals surface area contributed by atoms with Gasteiger partial charge in [-0.1, -0.05) is 12.1 Å². The lowest BCUT2D eigenvalue weighted by Crippen LogP contribution is -2.36. The molecule has 1 aliphatic carbocycles. The number of carbonyl (C=O) groups is 1. The number of hydrogen-bond donors (Lipinski definition) is 2. The quantitative estimate of drug-likeness (QED) is 0.866. The van der Waals surface area contributed by atoms with Gasteiger partial charge in [0, 0.05) is 32.3 Å². The van der Waals surface area contributed by atoms with Crippen LogP contribution in [0.1, 0.15) is 41.6 Å². The molecule has 1 saturated carbocycles. The minimum Gasteiger partial charge on any atom is -0.381 e. The Bertz CT molecular complexity index is 431. The number of nitrogens with one attached hydrogen (secondary N) is 2. The van der Waals surface area contributed by atoms with Crippen molar-refractivity contribution in [3.63, 3.8) is 0 Å². The van der Waals surface area contributed by atoms with E-state index in [0.717, 1.165) is 13.0 Å². The Hall–Kier alpha value is -1.39. The van der Waals surface area contributed by atoms with E-state index in [1.165, 1.54) is 24.8 Å². The molecule has 1 aromatic rings. The van der Waals surface area contributed by atoms with Gasteiger partial charge in [0.15, 0.2) is 0 Å². The molecule has 20 heavy (non-hydrogen) atoms. The van der Waals surface area contributed by atoms with Crippen LogP contribution in [0, 0.1) is 0 Å². The van der Waals surface area contributed by atoms with Crippen molar-refractivity contribution in [3.8, 4) is 0 Å². The Labute approximate surface area is 120 Å². The molecule has 1 amide bonds. The van der Waals surface area contributed by atoms with Crippen LogP contribution in [0.25, 0.3) is 0 Å². The van der Waals surface area contributed by atoms with Crippen LogP contribution in [-0.2, 0) is 11.3 Å². The van der Waals surface area contributed by atoms with E-state index in [-0.39, 0.29) is 5.91 Å². The van der Waals surface area contributed by atoms with E-state index in [0.29, 0.717) is 17.7 Å². The fraction of sp³-hybridized carbons (Fsp3) is 0.562. The Balaban J connectivity index is 1.83. The Kier molecular flexibility index (Phi) is 5.56. The van der Waals surface area contributed by atoms with Crippen molar-refractivity contribution in [1.82, 2.24) is 10.6 Å². The molecule has 0 aromatic heterocycles. The van der Waals surface area contributed by atoms with Gasteiger partial charge in [0.2, 0.25) is 0 Å². The van der Waals surface area contributed by atoms with E-state index in [4.69, 9.17) is 4.74 Å². The number of rotatable bonds is 5. The molecule has 0 bridgehead atoms. The maximum atomic E-state index is 11.5. The summed E-state index contributed by atoms with van der Waals surface area (Å²) in [6.07, 6.45) is 5.11. The van der Waals surface area contributed by atoms with Gasteiger partial charge in [0.1, 0.15) is 0 Å². The van der Waals surface area contributed by atoms with Gasteiger partial charge >= 0.3 is 0 Å². The van der Waals surface area contributed by atoms with Gasteiger partial charge in [0.05, 0.1) is 6.10 Å². The van der Waals surface area contributed by atoms with Crippen LogP contribution in [0.3, 0.4) is 0 Å². The Morgan fingerprint density at radius 1 is 1.30 bits per heavy atom. The largest absolute Gasteiger partial charge is 0.381 e. The first-order chi connectivity index (χ1) is 9.72. The van der Waals surface area contributed by atoms with E-state index in [9.17, 15) is 4.79 Å². The molecule has 4 nitrogen and oxygen atoms in total. The van der Waals surface area contributed by atoms with Gasteiger partial charge in [-0.2, -0.15) is 0 Å². The van der Waals surface area contributed by atoms with E-state index >= 15 is 0 Å². The summed E-state index contributed by atoms with van der Waals surface area (Å²) < 4.78 is 5.44. The van der Waals surface area contributed by atoms with Gasteiger partial charge in [-0.3, -0.25) is 4.79 Å². The average molecular weight is 276 g/mol. The minimum atomic E-state index is -0.0419. The maximum absolute atomic E-state index is 11.5. The van der Waals surface area contributed by atoms with Gasteiger partial charge in [-0.15, -0.1) is 0 Å². The van der Waals surface area contributed by atoms with Crippen LogP contribution in [0.4, 0.5) is 0 Å². The van der Waals surface area contributed by atoms with Crippen LogP contribution in [-0.4, -0.2) is 32.2 Å². The highest BCUT2D eigenvalue weighted by Gasteiger charge is 2.20. The summed E-state index contributed by atoms with van der Waals surface area (Å²) >= 11 is 0. The first kappa shape index (κ1) is 15.0. The second-order valence-electron chi connectivity index (χ2n) is 5.38. The summed E-state index contributed by atoms with van der Waals surface area (Å²) in [4.78, 5) is 11.5. The monoisotopic (exact) mass is 276 g/mol. The highest BCUT2D eigenvalue weighted by molar-refractivity contribution is 5.93. The molecule has 2 rings (SSSR count). The summed E-state index contributed by atoms with van der Waals surface area (Å²) in [7, 11) is 3.44. The zero-order chi connectivity index (χ0) is 14.4. The first-order valence-corrected chi connectivity index (χ1v) is 7.30. The van der Waals surface area contributed by atoms with E-state index in [2.05, 4.69) is 10.6 Å². The smallest absolute Gasteiger partial charge is 0.251 e. The predicted octanol–water partition coefficient (Wildman–Crippen LogP) is 2.09. The topological polar surface area (TPSA) is 50.4 Å². The van der Waals surface area contributed by atoms with Crippen LogP contribution in [0.2, 0.25) is 0 Å². The predicted molar refractivity (Wildman–Crippen MR) is 79.7 cm³/mol. The minimum absolute atomic E-state index is 0.0419. The number of amides is 1. The summed E-state index contributed by atoms with van der Waals surface area (Å²) in [5, 5.41) is 6.21. The molecule has 0 heterocycles. The van der Waals surface area contributed by atoms with E-state index in [1.54, 1.807) is 14.2 Å². The van der Waals surface area contributed by atoms with Crippen LogP contribution in [0.15, 0.2) is 24.3 Å². The molecular weight excluding hydrogens is 252 g/mol. The normalized spacial score (nSPS) is 22.5. The highest BCUT2D eigenvalue weighted by atomic mass is 16.5. The number of hydrogen-bond acceptors (Lipinski definition) is 3. The van der Waals surface area contributed by atoms with Crippen molar-refractivity contribution in [2.45, 2.75) is 44.4 Å². The van der Waals surface area contributed by atoms with Gasteiger partial charge in [0.25, 0.3) is 5.91 Å². The number of methoxy groups -OCH3 is 1. The second-order valence-corrected chi connectivity index (χ2v) is 5.38. The third kappa shape index (κ3) is 4.05. The fourth-order valence-electron chi connectivity index (χ4n) is 2.72. The fourth-order valence-corrected chi connectivity index (χ4v) is 2.72. The molecule has 0 aliphatic heterocycles. The van der Waals surface area contributed by atoms with E-state index < -0.39 is 0 Å². The first-order valence-electron chi connectivity index (χ1n) is 7.30. The lowest BCUT2D eigenvalue weighted by molar-refractivity contribution is 0.0586. The Morgan fingerprint density at radius 2 is 2.05 bits per heavy atom. The SMILES string of the molecule is CNC(=O)c1ccc(CNC2CCCC(OC)C2)cc1. The standard InChI is InChI=1S/C16H24N2O2/c1-17-16(19)13-8-6-12(7-9-13)11-18-14-4-3-5-15(10-14)20-2/h6-9,14-15,18H,3-5,10-11H2,1-2H3,(H,17,19). The van der Waals surface area contributed by atoms with Crippen molar-refractivity contribution in [2.24, 2.45) is 0 Å². The molecule has 0 saturated heterocycles. The van der Waals surface area contributed by atoms with E-state index in [1.807, 2.05) is 24.3 Å². The summed E-state index contributed by atoms with van der Waals surface area (Å²) in [5.74, 6) is -0.0419.